The molecule has 116 valence electrons. The molecule has 1 atom stereocenters. The molecule has 4 nitrogen and oxygen atoms in total. The van der Waals surface area contributed by atoms with Crippen LogP contribution in [0.4, 0.5) is 4.79 Å². The highest BCUT2D eigenvalue weighted by molar-refractivity contribution is 8.00. The first-order valence-electron chi connectivity index (χ1n) is 7.24. The van der Waals surface area contributed by atoms with Crippen LogP contribution in [0, 0.1) is 0 Å². The molecule has 1 heterocycles. The van der Waals surface area contributed by atoms with Gasteiger partial charge in [-0.3, -0.25) is 4.98 Å². The van der Waals surface area contributed by atoms with E-state index in [1.807, 2.05) is 30.3 Å². The molecule has 0 aliphatic heterocycles. The van der Waals surface area contributed by atoms with Crippen molar-refractivity contribution in [3.63, 3.8) is 0 Å². The van der Waals surface area contributed by atoms with Crippen LogP contribution in [0.3, 0.4) is 0 Å². The van der Waals surface area contributed by atoms with Gasteiger partial charge in [0.15, 0.2) is 0 Å². The summed E-state index contributed by atoms with van der Waals surface area (Å²) < 4.78 is 0. The number of pyridine rings is 1. The van der Waals surface area contributed by atoms with E-state index in [1.165, 1.54) is 4.90 Å². The number of amides is 2. The molecule has 22 heavy (non-hydrogen) atoms. The van der Waals surface area contributed by atoms with Crippen LogP contribution in [-0.4, -0.2) is 34.8 Å². The van der Waals surface area contributed by atoms with Gasteiger partial charge in [0.25, 0.3) is 0 Å². The Bertz CT molecular complexity index is 577. The summed E-state index contributed by atoms with van der Waals surface area (Å²) in [5.74, 6) is 0. The summed E-state index contributed by atoms with van der Waals surface area (Å²) in [5, 5.41) is 3.29. The lowest BCUT2D eigenvalue weighted by Gasteiger charge is -2.19. The fourth-order valence-corrected chi connectivity index (χ4v) is 2.92. The van der Waals surface area contributed by atoms with Gasteiger partial charge in [-0.2, -0.15) is 0 Å². The van der Waals surface area contributed by atoms with E-state index in [9.17, 15) is 4.79 Å². The normalized spacial score (nSPS) is 11.7. The molecule has 2 aromatic rings. The smallest absolute Gasteiger partial charge is 0.317 e. The van der Waals surface area contributed by atoms with Crippen molar-refractivity contribution in [1.82, 2.24) is 15.2 Å². The molecule has 0 unspecified atom stereocenters. The van der Waals surface area contributed by atoms with Crippen LogP contribution < -0.4 is 5.32 Å². The van der Waals surface area contributed by atoms with Crippen molar-refractivity contribution in [3.8, 4) is 0 Å². The van der Waals surface area contributed by atoms with Crippen molar-refractivity contribution in [2.75, 3.05) is 13.6 Å². The van der Waals surface area contributed by atoms with Crippen molar-refractivity contribution in [1.29, 1.82) is 0 Å². The van der Waals surface area contributed by atoms with Gasteiger partial charge in [-0.15, -0.1) is 11.8 Å². The molecule has 1 N–H and O–H groups in total. The summed E-state index contributed by atoms with van der Waals surface area (Å²) in [6.45, 7) is 3.33. The Labute approximate surface area is 135 Å². The number of benzene rings is 1. The highest BCUT2D eigenvalue weighted by Gasteiger charge is 2.11. The van der Waals surface area contributed by atoms with Gasteiger partial charge in [-0.1, -0.05) is 25.1 Å². The zero-order valence-electron chi connectivity index (χ0n) is 12.9. The molecule has 1 aromatic heterocycles. The van der Waals surface area contributed by atoms with E-state index < -0.39 is 0 Å². The number of nitrogens with one attached hydrogen (secondary N) is 1. The fraction of sp³-hybridized carbons (Fsp3) is 0.294. The number of aromatic nitrogens is 1. The predicted molar refractivity (Wildman–Crippen MR) is 90.9 cm³/mol. The van der Waals surface area contributed by atoms with E-state index in [0.29, 0.717) is 18.3 Å². The number of rotatable bonds is 6. The standard InChI is InChI=1S/C17H21N3OS/c1-14(22-16-6-4-3-5-7-16)12-19-17(21)20(2)13-15-8-10-18-11-9-15/h3-11,14H,12-13H2,1-2H3,(H,19,21)/t14-/m1/s1. The van der Waals surface area contributed by atoms with Crippen molar-refractivity contribution in [3.05, 3.63) is 60.4 Å². The maximum atomic E-state index is 12.1. The second kappa shape index (κ2) is 8.44. The van der Waals surface area contributed by atoms with Gasteiger partial charge < -0.3 is 10.2 Å². The van der Waals surface area contributed by atoms with Gasteiger partial charge in [0.2, 0.25) is 0 Å². The third-order valence-corrected chi connectivity index (χ3v) is 4.25. The minimum atomic E-state index is -0.0580. The molecule has 0 fully saturated rings. The second-order valence-electron chi connectivity index (χ2n) is 5.14. The van der Waals surface area contributed by atoms with Crippen molar-refractivity contribution < 1.29 is 4.79 Å². The van der Waals surface area contributed by atoms with Gasteiger partial charge >= 0.3 is 6.03 Å². The molecule has 0 saturated heterocycles. The molecule has 2 rings (SSSR count). The summed E-state index contributed by atoms with van der Waals surface area (Å²) in [5.41, 5.74) is 1.07. The third-order valence-electron chi connectivity index (χ3n) is 3.14. The number of thioether (sulfide) groups is 1. The summed E-state index contributed by atoms with van der Waals surface area (Å²) in [6.07, 6.45) is 3.47. The highest BCUT2D eigenvalue weighted by atomic mass is 32.2. The van der Waals surface area contributed by atoms with Crippen molar-refractivity contribution in [2.45, 2.75) is 23.6 Å². The predicted octanol–water partition coefficient (Wildman–Crippen LogP) is 3.40. The van der Waals surface area contributed by atoms with E-state index in [4.69, 9.17) is 0 Å². The summed E-state index contributed by atoms with van der Waals surface area (Å²) in [6, 6.07) is 14.0. The van der Waals surface area contributed by atoms with E-state index >= 15 is 0 Å². The SMILES string of the molecule is C[C@H](CNC(=O)N(C)Cc1ccncc1)Sc1ccccc1. The molecule has 0 saturated carbocycles. The summed E-state index contributed by atoms with van der Waals surface area (Å²) >= 11 is 1.76. The molecule has 0 bridgehead atoms. The quantitative estimate of drug-likeness (QED) is 0.831. The molecule has 0 aliphatic rings. The van der Waals surface area contributed by atoms with Gasteiger partial charge in [-0.25, -0.2) is 4.79 Å². The van der Waals surface area contributed by atoms with Crippen LogP contribution in [0.5, 0.6) is 0 Å². The number of hydrogen-bond acceptors (Lipinski definition) is 3. The highest BCUT2D eigenvalue weighted by Crippen LogP contribution is 2.21. The second-order valence-corrected chi connectivity index (χ2v) is 6.65. The maximum absolute atomic E-state index is 12.1. The topological polar surface area (TPSA) is 45.2 Å². The van der Waals surface area contributed by atoms with E-state index in [1.54, 1.807) is 36.1 Å². The molecule has 0 aliphatic carbocycles. The lowest BCUT2D eigenvalue weighted by atomic mass is 10.2. The molecule has 0 spiro atoms. The largest absolute Gasteiger partial charge is 0.337 e. The Morgan fingerprint density at radius 1 is 1.23 bits per heavy atom. The number of hydrogen-bond donors (Lipinski definition) is 1. The monoisotopic (exact) mass is 315 g/mol. The van der Waals surface area contributed by atoms with Crippen LogP contribution in [0.25, 0.3) is 0 Å². The minimum absolute atomic E-state index is 0.0580. The van der Waals surface area contributed by atoms with Gasteiger partial charge in [0.05, 0.1) is 0 Å². The molecule has 1 aromatic carbocycles. The third kappa shape index (κ3) is 5.41. The van der Waals surface area contributed by atoms with Crippen LogP contribution >= 0.6 is 11.8 Å². The number of carbonyl (C=O) groups excluding carboxylic acids is 1. The first kappa shape index (κ1) is 16.4. The van der Waals surface area contributed by atoms with E-state index in [0.717, 1.165) is 5.56 Å². The van der Waals surface area contributed by atoms with Crippen LogP contribution in [-0.2, 0) is 6.54 Å². The van der Waals surface area contributed by atoms with Crippen LogP contribution in [0.15, 0.2) is 59.8 Å². The Hall–Kier alpha value is -2.01. The Balaban J connectivity index is 1.74. The van der Waals surface area contributed by atoms with Gasteiger partial charge in [0.1, 0.15) is 0 Å². The lowest BCUT2D eigenvalue weighted by Crippen LogP contribution is -2.39. The average Bonchev–Trinajstić information content (AvgIpc) is 2.54. The van der Waals surface area contributed by atoms with E-state index in [2.05, 4.69) is 29.4 Å². The Morgan fingerprint density at radius 2 is 1.91 bits per heavy atom. The molecule has 0 radical (unpaired) electrons. The zero-order chi connectivity index (χ0) is 15.8. The van der Waals surface area contributed by atoms with Gasteiger partial charge in [-0.05, 0) is 29.8 Å². The number of carbonyl (C=O) groups is 1. The Morgan fingerprint density at radius 3 is 2.59 bits per heavy atom. The zero-order valence-corrected chi connectivity index (χ0v) is 13.7. The first-order valence-corrected chi connectivity index (χ1v) is 8.12. The lowest BCUT2D eigenvalue weighted by molar-refractivity contribution is 0.207. The number of nitrogens with zero attached hydrogens (tertiary/aromatic N) is 2. The first-order chi connectivity index (χ1) is 10.6. The fourth-order valence-electron chi connectivity index (χ4n) is 1.97. The molecular weight excluding hydrogens is 294 g/mol. The maximum Gasteiger partial charge on any atom is 0.317 e. The van der Waals surface area contributed by atoms with Crippen molar-refractivity contribution in [2.24, 2.45) is 0 Å². The minimum Gasteiger partial charge on any atom is -0.337 e. The molecular formula is C17H21N3OS. The van der Waals surface area contributed by atoms with Crippen LogP contribution in [0.1, 0.15) is 12.5 Å². The van der Waals surface area contributed by atoms with Crippen LogP contribution in [0.2, 0.25) is 0 Å². The van der Waals surface area contributed by atoms with E-state index in [-0.39, 0.29) is 6.03 Å². The molecule has 2 amide bonds. The van der Waals surface area contributed by atoms with Crippen molar-refractivity contribution >= 4 is 17.8 Å². The summed E-state index contributed by atoms with van der Waals surface area (Å²) in [7, 11) is 1.80. The molecule has 5 heteroatoms. The summed E-state index contributed by atoms with van der Waals surface area (Å²) in [4.78, 5) is 19.0. The Kier molecular flexibility index (Phi) is 6.27. The average molecular weight is 315 g/mol. The van der Waals surface area contributed by atoms with Gasteiger partial charge in [0, 0.05) is 42.7 Å². The number of urea groups is 1.